The highest BCUT2D eigenvalue weighted by molar-refractivity contribution is 9.10. The summed E-state index contributed by atoms with van der Waals surface area (Å²) in [5.41, 5.74) is 7.46. The molecule has 0 radical (unpaired) electrons. The summed E-state index contributed by atoms with van der Waals surface area (Å²) in [6, 6.07) is 8.88. The third-order valence-electron chi connectivity index (χ3n) is 3.42. The zero-order valence-corrected chi connectivity index (χ0v) is 11.3. The van der Waals surface area contributed by atoms with Crippen LogP contribution in [0.2, 0.25) is 0 Å². The molecule has 2 nitrogen and oxygen atoms in total. The summed E-state index contributed by atoms with van der Waals surface area (Å²) in [5.74, 6) is 0.668. The lowest BCUT2D eigenvalue weighted by molar-refractivity contribution is 0.162. The first-order chi connectivity index (χ1) is 7.65. The molecule has 0 aliphatic carbocycles. The van der Waals surface area contributed by atoms with E-state index < -0.39 is 0 Å². The Hall–Kier alpha value is -0.380. The first kappa shape index (κ1) is 12.1. The van der Waals surface area contributed by atoms with Crippen LogP contribution < -0.4 is 5.73 Å². The van der Waals surface area contributed by atoms with Gasteiger partial charge >= 0.3 is 0 Å². The second-order valence-corrected chi connectivity index (χ2v) is 5.71. The second-order valence-electron chi connectivity index (χ2n) is 4.79. The lowest BCUT2D eigenvalue weighted by Crippen LogP contribution is -2.47. The summed E-state index contributed by atoms with van der Waals surface area (Å²) in [6.07, 6.45) is 1.22. The number of hydrogen-bond donors (Lipinski definition) is 1. The van der Waals surface area contributed by atoms with E-state index in [0.29, 0.717) is 12.0 Å². The molecule has 0 saturated carbocycles. The van der Waals surface area contributed by atoms with E-state index in [9.17, 15) is 0 Å². The van der Waals surface area contributed by atoms with Gasteiger partial charge in [-0.3, -0.25) is 4.90 Å². The van der Waals surface area contributed by atoms with Gasteiger partial charge in [0.05, 0.1) is 0 Å². The zero-order valence-electron chi connectivity index (χ0n) is 9.70. The van der Waals surface area contributed by atoms with Crippen molar-refractivity contribution in [3.05, 3.63) is 34.3 Å². The maximum absolute atomic E-state index is 6.10. The Bertz CT molecular complexity index is 336. The van der Waals surface area contributed by atoms with Gasteiger partial charge in [-0.05, 0) is 36.6 Å². The van der Waals surface area contributed by atoms with Crippen molar-refractivity contribution in [2.75, 3.05) is 13.1 Å². The average molecular weight is 283 g/mol. The molecule has 2 unspecified atom stereocenters. The Kier molecular flexibility index (Phi) is 4.00. The highest BCUT2D eigenvalue weighted by atomic mass is 79.9. The van der Waals surface area contributed by atoms with E-state index in [4.69, 9.17) is 5.73 Å². The van der Waals surface area contributed by atoms with Gasteiger partial charge < -0.3 is 5.73 Å². The van der Waals surface area contributed by atoms with E-state index in [2.05, 4.69) is 52.0 Å². The van der Waals surface area contributed by atoms with Crippen molar-refractivity contribution in [3.8, 4) is 0 Å². The molecular weight excluding hydrogens is 264 g/mol. The van der Waals surface area contributed by atoms with E-state index in [1.54, 1.807) is 0 Å². The van der Waals surface area contributed by atoms with E-state index in [1.807, 2.05) is 0 Å². The minimum Gasteiger partial charge on any atom is -0.326 e. The smallest absolute Gasteiger partial charge is 0.0234 e. The highest BCUT2D eigenvalue weighted by Crippen LogP contribution is 2.18. The van der Waals surface area contributed by atoms with Crippen molar-refractivity contribution >= 4 is 15.9 Å². The van der Waals surface area contributed by atoms with Crippen molar-refractivity contribution in [2.45, 2.75) is 25.9 Å². The number of rotatable bonds is 2. The SMILES string of the molecule is CC1CCN(Cc2ccc(Br)cc2)CC1N. The van der Waals surface area contributed by atoms with Crippen molar-refractivity contribution in [3.63, 3.8) is 0 Å². The van der Waals surface area contributed by atoms with Gasteiger partial charge in [0.2, 0.25) is 0 Å². The molecule has 16 heavy (non-hydrogen) atoms. The van der Waals surface area contributed by atoms with Gasteiger partial charge in [-0.2, -0.15) is 0 Å². The fourth-order valence-electron chi connectivity index (χ4n) is 2.16. The number of benzene rings is 1. The average Bonchev–Trinajstić information content (AvgIpc) is 2.27. The molecule has 2 atom stereocenters. The number of likely N-dealkylation sites (tertiary alicyclic amines) is 1. The van der Waals surface area contributed by atoms with Crippen LogP contribution in [0.15, 0.2) is 28.7 Å². The molecule has 88 valence electrons. The van der Waals surface area contributed by atoms with Gasteiger partial charge in [0.25, 0.3) is 0 Å². The largest absolute Gasteiger partial charge is 0.326 e. The monoisotopic (exact) mass is 282 g/mol. The molecular formula is C13H19BrN2. The molecule has 1 fully saturated rings. The van der Waals surface area contributed by atoms with Gasteiger partial charge in [0.15, 0.2) is 0 Å². The molecule has 2 N–H and O–H groups in total. The van der Waals surface area contributed by atoms with Crippen LogP contribution in [0.3, 0.4) is 0 Å². The lowest BCUT2D eigenvalue weighted by atomic mass is 9.94. The maximum atomic E-state index is 6.10. The standard InChI is InChI=1S/C13H19BrN2/c1-10-6-7-16(9-13(10)15)8-11-2-4-12(14)5-3-11/h2-5,10,13H,6-9,15H2,1H3. The maximum Gasteiger partial charge on any atom is 0.0234 e. The molecule has 3 heteroatoms. The molecule has 2 rings (SSSR count). The van der Waals surface area contributed by atoms with E-state index in [-0.39, 0.29) is 0 Å². The lowest BCUT2D eigenvalue weighted by Gasteiger charge is -2.35. The molecule has 0 spiro atoms. The van der Waals surface area contributed by atoms with E-state index in [1.165, 1.54) is 18.5 Å². The molecule has 1 aliphatic rings. The summed E-state index contributed by atoms with van der Waals surface area (Å²) in [7, 11) is 0. The van der Waals surface area contributed by atoms with Crippen LogP contribution >= 0.6 is 15.9 Å². The minimum absolute atomic E-state index is 0.337. The Morgan fingerprint density at radius 1 is 1.38 bits per heavy atom. The van der Waals surface area contributed by atoms with Gasteiger partial charge in [0.1, 0.15) is 0 Å². The van der Waals surface area contributed by atoms with Crippen LogP contribution in [0, 0.1) is 5.92 Å². The first-order valence-electron chi connectivity index (χ1n) is 5.87. The van der Waals surface area contributed by atoms with Crippen LogP contribution in [0.25, 0.3) is 0 Å². The highest BCUT2D eigenvalue weighted by Gasteiger charge is 2.22. The predicted molar refractivity (Wildman–Crippen MR) is 71.2 cm³/mol. The van der Waals surface area contributed by atoms with E-state index >= 15 is 0 Å². The van der Waals surface area contributed by atoms with Crippen LogP contribution in [0.4, 0.5) is 0 Å². The number of nitrogens with two attached hydrogens (primary N) is 1. The summed E-state index contributed by atoms with van der Waals surface area (Å²) in [4.78, 5) is 2.45. The third-order valence-corrected chi connectivity index (χ3v) is 3.95. The van der Waals surface area contributed by atoms with Crippen molar-refractivity contribution in [1.29, 1.82) is 0 Å². The van der Waals surface area contributed by atoms with Gasteiger partial charge in [-0.25, -0.2) is 0 Å². The van der Waals surface area contributed by atoms with Crippen molar-refractivity contribution < 1.29 is 0 Å². The Morgan fingerprint density at radius 2 is 2.06 bits per heavy atom. The van der Waals surface area contributed by atoms with Crippen LogP contribution in [-0.2, 0) is 6.54 Å². The number of hydrogen-bond acceptors (Lipinski definition) is 2. The summed E-state index contributed by atoms with van der Waals surface area (Å²) in [6.45, 7) is 5.47. The topological polar surface area (TPSA) is 29.3 Å². The Labute approximate surface area is 106 Å². The Morgan fingerprint density at radius 3 is 2.69 bits per heavy atom. The first-order valence-corrected chi connectivity index (χ1v) is 6.67. The van der Waals surface area contributed by atoms with Crippen LogP contribution in [0.5, 0.6) is 0 Å². The Balaban J connectivity index is 1.93. The predicted octanol–water partition coefficient (Wildman–Crippen LogP) is 2.62. The zero-order chi connectivity index (χ0) is 11.5. The molecule has 0 aromatic heterocycles. The van der Waals surface area contributed by atoms with Crippen LogP contribution in [0.1, 0.15) is 18.9 Å². The van der Waals surface area contributed by atoms with Gasteiger partial charge in [-0.15, -0.1) is 0 Å². The molecule has 1 aromatic rings. The molecule has 0 amide bonds. The number of halogens is 1. The fourth-order valence-corrected chi connectivity index (χ4v) is 2.43. The fraction of sp³-hybridized carbons (Fsp3) is 0.538. The molecule has 1 saturated heterocycles. The van der Waals surface area contributed by atoms with Gasteiger partial charge in [-0.1, -0.05) is 35.0 Å². The number of piperidine rings is 1. The van der Waals surface area contributed by atoms with Gasteiger partial charge in [0, 0.05) is 23.6 Å². The third kappa shape index (κ3) is 3.06. The summed E-state index contributed by atoms with van der Waals surface area (Å²) < 4.78 is 1.14. The van der Waals surface area contributed by atoms with E-state index in [0.717, 1.165) is 17.6 Å². The molecule has 1 heterocycles. The molecule has 0 bridgehead atoms. The van der Waals surface area contributed by atoms with Crippen molar-refractivity contribution in [2.24, 2.45) is 11.7 Å². The second kappa shape index (κ2) is 5.30. The van der Waals surface area contributed by atoms with Crippen LogP contribution in [-0.4, -0.2) is 24.0 Å². The summed E-state index contributed by atoms with van der Waals surface area (Å²) >= 11 is 3.45. The molecule has 1 aromatic carbocycles. The quantitative estimate of drug-likeness (QED) is 0.904. The van der Waals surface area contributed by atoms with Crippen molar-refractivity contribution in [1.82, 2.24) is 4.90 Å². The minimum atomic E-state index is 0.337. The number of nitrogens with zero attached hydrogens (tertiary/aromatic N) is 1. The normalized spacial score (nSPS) is 26.9. The molecule has 1 aliphatic heterocycles. The summed E-state index contributed by atoms with van der Waals surface area (Å²) in [5, 5.41) is 0.